The van der Waals surface area contributed by atoms with Gasteiger partial charge in [0.15, 0.2) is 5.43 Å². The van der Waals surface area contributed by atoms with E-state index in [0.29, 0.717) is 57.2 Å². The Hall–Kier alpha value is -4.07. The zero-order valence-corrected chi connectivity index (χ0v) is 20.9. The Labute approximate surface area is 211 Å². The number of H-pyrrole nitrogens is 1. The normalized spacial score (nSPS) is 14.5. The van der Waals surface area contributed by atoms with Crippen molar-refractivity contribution in [3.05, 3.63) is 70.1 Å². The van der Waals surface area contributed by atoms with Crippen LogP contribution in [-0.4, -0.2) is 36.0 Å². The number of rotatable bonds is 4. The Morgan fingerprint density at radius 1 is 1.14 bits per heavy atom. The van der Waals surface area contributed by atoms with Gasteiger partial charge in [-0.15, -0.1) is 3.89 Å². The van der Waals surface area contributed by atoms with Crippen LogP contribution < -0.4 is 10.7 Å². The Balaban J connectivity index is 1.76. The quantitative estimate of drug-likeness (QED) is 0.340. The van der Waals surface area contributed by atoms with Crippen LogP contribution in [0.1, 0.15) is 36.9 Å². The van der Waals surface area contributed by atoms with Crippen molar-refractivity contribution in [2.45, 2.75) is 30.7 Å². The summed E-state index contributed by atoms with van der Waals surface area (Å²) in [5.41, 5.74) is 4.37. The van der Waals surface area contributed by atoms with E-state index < -0.39 is 15.1 Å². The number of hydrogen-bond acceptors (Lipinski definition) is 6. The van der Waals surface area contributed by atoms with Crippen molar-refractivity contribution < 1.29 is 12.3 Å². The van der Waals surface area contributed by atoms with E-state index in [0.717, 1.165) is 17.1 Å². The van der Waals surface area contributed by atoms with Crippen molar-refractivity contribution in [2.75, 3.05) is 13.1 Å². The van der Waals surface area contributed by atoms with E-state index >= 15 is 0 Å². The molecule has 4 heterocycles. The number of aromatic amines is 1. The molecule has 5 aromatic rings. The van der Waals surface area contributed by atoms with Crippen molar-refractivity contribution in [1.29, 1.82) is 5.26 Å². The molecule has 0 unspecified atom stereocenters. The Morgan fingerprint density at radius 3 is 2.57 bits per heavy atom. The number of fused-ring (bicyclic) bond motifs is 4. The molecule has 0 aliphatic carbocycles. The summed E-state index contributed by atoms with van der Waals surface area (Å²) in [6.45, 7) is 5.39. The minimum Gasteiger partial charge on any atom is -0.340 e. The van der Waals surface area contributed by atoms with Crippen molar-refractivity contribution in [3.63, 3.8) is 0 Å². The molecule has 1 aliphatic heterocycles. The monoisotopic (exact) mass is 515 g/mol. The maximum atomic E-state index is 14.0. The summed E-state index contributed by atoms with van der Waals surface area (Å²) < 4.78 is 39.0. The van der Waals surface area contributed by atoms with E-state index in [9.17, 15) is 22.4 Å². The van der Waals surface area contributed by atoms with Gasteiger partial charge in [0.05, 0.1) is 28.6 Å². The van der Waals surface area contributed by atoms with Crippen molar-refractivity contribution in [1.82, 2.24) is 19.9 Å². The second-order valence-corrected chi connectivity index (χ2v) is 11.0. The van der Waals surface area contributed by atoms with Gasteiger partial charge in [0.25, 0.3) is 0 Å². The molecule has 6 rings (SSSR count). The number of hydrogen-bond donors (Lipinski definition) is 2. The molecule has 1 aliphatic rings. The van der Waals surface area contributed by atoms with Gasteiger partial charge in [-0.1, -0.05) is 19.9 Å². The predicted molar refractivity (Wildman–Crippen MR) is 140 cm³/mol. The third kappa shape index (κ3) is 3.62. The van der Waals surface area contributed by atoms with Gasteiger partial charge in [-0.2, -0.15) is 13.7 Å². The fraction of sp³-hybridized carbons (Fsp3) is 0.222. The molecule has 186 valence electrons. The lowest BCUT2D eigenvalue weighted by molar-refractivity contribution is 0.357. The first-order valence-electron chi connectivity index (χ1n) is 11.9. The third-order valence-corrected chi connectivity index (χ3v) is 7.89. The van der Waals surface area contributed by atoms with E-state index in [1.165, 1.54) is 12.3 Å². The molecule has 37 heavy (non-hydrogen) atoms. The van der Waals surface area contributed by atoms with Crippen molar-refractivity contribution in [2.24, 2.45) is 0 Å². The first kappa shape index (κ1) is 23.3. The molecule has 8 nitrogen and oxygen atoms in total. The molecule has 2 aromatic carbocycles. The van der Waals surface area contributed by atoms with Gasteiger partial charge >= 0.3 is 10.2 Å². The minimum absolute atomic E-state index is 0.0138. The number of nitrogens with one attached hydrogen (secondary N) is 2. The fourth-order valence-electron chi connectivity index (χ4n) is 5.17. The lowest BCUT2D eigenvalue weighted by atomic mass is 9.90. The van der Waals surface area contributed by atoms with Crippen LogP contribution in [0.4, 0.5) is 3.89 Å². The molecule has 0 saturated carbocycles. The van der Waals surface area contributed by atoms with Gasteiger partial charge in [-0.05, 0) is 47.4 Å². The van der Waals surface area contributed by atoms with Gasteiger partial charge in [-0.25, -0.2) is 0 Å². The average molecular weight is 516 g/mol. The van der Waals surface area contributed by atoms with E-state index in [1.54, 1.807) is 18.2 Å². The molecule has 0 atom stereocenters. The van der Waals surface area contributed by atoms with Gasteiger partial charge in [-0.3, -0.25) is 9.78 Å². The van der Waals surface area contributed by atoms with Gasteiger partial charge in [0, 0.05) is 47.3 Å². The zero-order chi connectivity index (χ0) is 26.1. The average Bonchev–Trinajstić information content (AvgIpc) is 3.22. The molecule has 1 fully saturated rings. The highest BCUT2D eigenvalue weighted by molar-refractivity contribution is 7.86. The first-order chi connectivity index (χ1) is 17.7. The van der Waals surface area contributed by atoms with E-state index in [1.807, 2.05) is 26.0 Å². The molecule has 2 N–H and O–H groups in total. The van der Waals surface area contributed by atoms with Crippen LogP contribution in [0.25, 0.3) is 44.0 Å². The summed E-state index contributed by atoms with van der Waals surface area (Å²) in [4.78, 5) is 20.8. The van der Waals surface area contributed by atoms with Crippen LogP contribution in [0.3, 0.4) is 0 Å². The van der Waals surface area contributed by atoms with E-state index in [-0.39, 0.29) is 17.4 Å². The molecular formula is C27H22FN5O3S. The number of nitrogens with zero attached hydrogens (tertiary/aromatic N) is 3. The summed E-state index contributed by atoms with van der Waals surface area (Å²) in [6, 6.07) is 12.5. The summed E-state index contributed by atoms with van der Waals surface area (Å²) in [6.07, 6.45) is 2.48. The number of pyridine rings is 2. The molecule has 0 radical (unpaired) electrons. The Morgan fingerprint density at radius 2 is 1.92 bits per heavy atom. The molecule has 0 spiro atoms. The molecule has 10 heteroatoms. The van der Waals surface area contributed by atoms with E-state index in [2.05, 4.69) is 25.9 Å². The largest absolute Gasteiger partial charge is 0.340 e. The molecule has 0 amide bonds. The lowest BCUT2D eigenvalue weighted by Crippen LogP contribution is -2.44. The molecule has 1 saturated heterocycles. The second kappa shape index (κ2) is 8.23. The maximum absolute atomic E-state index is 14.0. The number of aromatic nitrogens is 3. The summed E-state index contributed by atoms with van der Waals surface area (Å²) in [5.74, 6) is -0.0138. The van der Waals surface area contributed by atoms with Gasteiger partial charge in [0.1, 0.15) is 10.5 Å². The first-order valence-corrected chi connectivity index (χ1v) is 13.2. The number of benzene rings is 2. The predicted octanol–water partition coefficient (Wildman–Crippen LogP) is 4.50. The highest BCUT2D eigenvalue weighted by Gasteiger charge is 2.27. The topological polar surface area (TPSA) is 121 Å². The summed E-state index contributed by atoms with van der Waals surface area (Å²) in [7, 11) is -4.94. The Kier molecular flexibility index (Phi) is 5.19. The van der Waals surface area contributed by atoms with Gasteiger partial charge in [0.2, 0.25) is 0 Å². The number of nitriles is 1. The smallest absolute Gasteiger partial charge is 0.333 e. The van der Waals surface area contributed by atoms with Crippen LogP contribution in [-0.2, 0) is 10.2 Å². The second-order valence-electron chi connectivity index (χ2n) is 9.69. The van der Waals surface area contributed by atoms with Crippen molar-refractivity contribution in [3.8, 4) is 17.2 Å². The van der Waals surface area contributed by atoms with Crippen LogP contribution >= 0.6 is 0 Å². The maximum Gasteiger partial charge on any atom is 0.333 e. The van der Waals surface area contributed by atoms with Crippen LogP contribution in [0.15, 0.2) is 58.5 Å². The van der Waals surface area contributed by atoms with Crippen LogP contribution in [0, 0.1) is 11.3 Å². The SMILES string of the molecule is CC(C)c1cc2c(=O)c3c4ccc(C#N)cc4[nH]c3n(C3CNC3)c2cc1-c1cncc(S(=O)(=O)F)c1. The van der Waals surface area contributed by atoms with Crippen LogP contribution in [0.2, 0.25) is 0 Å². The molecular weight excluding hydrogens is 493 g/mol. The van der Waals surface area contributed by atoms with E-state index in [4.69, 9.17) is 0 Å². The highest BCUT2D eigenvalue weighted by atomic mass is 32.3. The summed E-state index contributed by atoms with van der Waals surface area (Å²) >= 11 is 0. The molecule has 3 aromatic heterocycles. The number of halogens is 1. The van der Waals surface area contributed by atoms with Crippen LogP contribution in [0.5, 0.6) is 0 Å². The fourth-order valence-corrected chi connectivity index (χ4v) is 5.62. The summed E-state index contributed by atoms with van der Waals surface area (Å²) in [5, 5.41) is 14.5. The van der Waals surface area contributed by atoms with Crippen molar-refractivity contribution >= 4 is 43.1 Å². The lowest BCUT2D eigenvalue weighted by Gasteiger charge is -2.32. The Bertz CT molecular complexity index is 1960. The third-order valence-electron chi connectivity index (χ3n) is 7.10. The minimum atomic E-state index is -4.94. The molecule has 0 bridgehead atoms. The van der Waals surface area contributed by atoms with Gasteiger partial charge < -0.3 is 14.9 Å². The standard InChI is InChI=1S/C27H22FN5O3S/c1-14(2)20-7-22-24(8-21(20)16-6-18(13-30-10-16)37(28,35)36)33(17-11-31-12-17)27-25(26(22)34)19-4-3-15(9-29)5-23(19)32-27/h3-8,10,13-14,17,31-32H,11-12H2,1-2H3. The highest BCUT2D eigenvalue weighted by Crippen LogP contribution is 2.37. The zero-order valence-electron chi connectivity index (χ0n) is 20.0.